The summed E-state index contributed by atoms with van der Waals surface area (Å²) in [6, 6.07) is 14.0. The molecule has 3 aromatic rings. The van der Waals surface area contributed by atoms with Crippen LogP contribution in [0.25, 0.3) is 0 Å². The molecule has 2 aromatic carbocycles. The van der Waals surface area contributed by atoms with Crippen LogP contribution in [0.5, 0.6) is 0 Å². The first kappa shape index (κ1) is 23.0. The van der Waals surface area contributed by atoms with E-state index < -0.39 is 16.0 Å². The number of rotatable bonds is 7. The highest BCUT2D eigenvalue weighted by molar-refractivity contribution is 9.10. The lowest BCUT2D eigenvalue weighted by Gasteiger charge is -2.09. The van der Waals surface area contributed by atoms with Crippen molar-refractivity contribution in [3.8, 4) is 0 Å². The Bertz CT molecular complexity index is 1200. The van der Waals surface area contributed by atoms with Crippen LogP contribution in [0.1, 0.15) is 32.5 Å². The van der Waals surface area contributed by atoms with E-state index in [4.69, 9.17) is 4.74 Å². The first-order valence-electron chi connectivity index (χ1n) is 9.17. The topological polar surface area (TPSA) is 102 Å². The Morgan fingerprint density at radius 1 is 1.06 bits per heavy atom. The van der Waals surface area contributed by atoms with E-state index in [2.05, 4.69) is 26.0 Å². The van der Waals surface area contributed by atoms with Crippen LogP contribution in [0, 0.1) is 6.92 Å². The van der Waals surface area contributed by atoms with Crippen LogP contribution >= 0.6 is 27.3 Å². The summed E-state index contributed by atoms with van der Waals surface area (Å²) >= 11 is 4.41. The number of hydrogen-bond acceptors (Lipinski definition) is 6. The molecular weight excluding hydrogens is 504 g/mol. The predicted octanol–water partition coefficient (Wildman–Crippen LogP) is 5.05. The van der Waals surface area contributed by atoms with Crippen molar-refractivity contribution in [2.24, 2.45) is 0 Å². The van der Waals surface area contributed by atoms with Crippen LogP contribution in [-0.4, -0.2) is 26.9 Å². The van der Waals surface area contributed by atoms with Gasteiger partial charge in [0.25, 0.3) is 15.9 Å². The minimum atomic E-state index is -3.74. The van der Waals surface area contributed by atoms with Crippen LogP contribution in [0.15, 0.2) is 64.0 Å². The maximum absolute atomic E-state index is 12.5. The Kier molecular flexibility index (Phi) is 7.14. The molecule has 1 aromatic heterocycles. The summed E-state index contributed by atoms with van der Waals surface area (Å²) in [6.45, 7) is 3.77. The molecule has 0 aliphatic heterocycles. The third-order valence-corrected chi connectivity index (χ3v) is 7.20. The monoisotopic (exact) mass is 522 g/mol. The molecule has 1 amide bonds. The molecular formula is C21H19BrN2O5S2. The van der Waals surface area contributed by atoms with Crippen LogP contribution in [0.2, 0.25) is 0 Å². The normalized spacial score (nSPS) is 11.1. The lowest BCUT2D eigenvalue weighted by atomic mass is 10.2. The highest BCUT2D eigenvalue weighted by Crippen LogP contribution is 2.28. The number of aryl methyl sites for hydroxylation is 1. The van der Waals surface area contributed by atoms with Gasteiger partial charge < -0.3 is 10.1 Å². The molecule has 3 rings (SSSR count). The molecule has 1 heterocycles. The molecule has 0 radical (unpaired) electrons. The van der Waals surface area contributed by atoms with Gasteiger partial charge in [0.2, 0.25) is 0 Å². The second-order valence-corrected chi connectivity index (χ2v) is 10.1. The Balaban J connectivity index is 1.68. The second-order valence-electron chi connectivity index (χ2n) is 6.43. The molecule has 0 saturated heterocycles. The fourth-order valence-corrected chi connectivity index (χ4v) is 4.93. The van der Waals surface area contributed by atoms with Crippen molar-refractivity contribution >= 4 is 59.9 Å². The Hall–Kier alpha value is -2.69. The Labute approximate surface area is 192 Å². The van der Waals surface area contributed by atoms with Crippen LogP contribution in [0.4, 0.5) is 10.7 Å². The first-order valence-corrected chi connectivity index (χ1v) is 12.3. The zero-order chi connectivity index (χ0) is 22.6. The lowest BCUT2D eigenvalue weighted by molar-refractivity contribution is 0.0531. The van der Waals surface area contributed by atoms with Gasteiger partial charge >= 0.3 is 5.97 Å². The van der Waals surface area contributed by atoms with E-state index in [0.29, 0.717) is 21.1 Å². The van der Waals surface area contributed by atoms with Crippen molar-refractivity contribution in [1.29, 1.82) is 0 Å². The maximum Gasteiger partial charge on any atom is 0.348 e. The number of amides is 1. The van der Waals surface area contributed by atoms with Crippen molar-refractivity contribution in [3.63, 3.8) is 0 Å². The SMILES string of the molecule is CCOC(=O)c1sc(NC(=O)c2ccc(NS(=O)(=O)c3ccc(Br)cc3)cc2)cc1C. The number of thiophene rings is 1. The van der Waals surface area contributed by atoms with Crippen LogP contribution < -0.4 is 10.0 Å². The third kappa shape index (κ3) is 5.72. The fraction of sp³-hybridized carbons (Fsp3) is 0.143. The molecule has 2 N–H and O–H groups in total. The molecule has 0 spiro atoms. The summed E-state index contributed by atoms with van der Waals surface area (Å²) in [5.41, 5.74) is 1.39. The molecule has 0 aliphatic rings. The zero-order valence-electron chi connectivity index (χ0n) is 16.6. The van der Waals surface area contributed by atoms with Gasteiger partial charge in [-0.2, -0.15) is 0 Å². The lowest BCUT2D eigenvalue weighted by Crippen LogP contribution is -2.14. The van der Waals surface area contributed by atoms with Gasteiger partial charge in [-0.05, 0) is 74.0 Å². The largest absolute Gasteiger partial charge is 0.462 e. The highest BCUT2D eigenvalue weighted by atomic mass is 79.9. The van der Waals surface area contributed by atoms with Crippen molar-refractivity contribution in [1.82, 2.24) is 0 Å². The van der Waals surface area contributed by atoms with E-state index in [-0.39, 0.29) is 17.4 Å². The molecule has 0 atom stereocenters. The van der Waals surface area contributed by atoms with E-state index >= 15 is 0 Å². The Morgan fingerprint density at radius 3 is 2.32 bits per heavy atom. The summed E-state index contributed by atoms with van der Waals surface area (Å²) < 4.78 is 33.2. The number of esters is 1. The molecule has 0 bridgehead atoms. The van der Waals surface area contributed by atoms with Crippen molar-refractivity contribution in [2.75, 3.05) is 16.6 Å². The number of ether oxygens (including phenoxy) is 1. The number of hydrogen-bond donors (Lipinski definition) is 2. The van der Waals surface area contributed by atoms with Gasteiger partial charge in [-0.25, -0.2) is 13.2 Å². The fourth-order valence-electron chi connectivity index (χ4n) is 2.64. The third-order valence-electron chi connectivity index (χ3n) is 4.14. The summed E-state index contributed by atoms with van der Waals surface area (Å²) in [5.74, 6) is -0.799. The average molecular weight is 523 g/mol. The minimum absolute atomic E-state index is 0.128. The molecule has 10 heteroatoms. The summed E-state index contributed by atoms with van der Waals surface area (Å²) in [4.78, 5) is 25.0. The van der Waals surface area contributed by atoms with Crippen LogP contribution in [0.3, 0.4) is 0 Å². The summed E-state index contributed by atoms with van der Waals surface area (Å²) in [7, 11) is -3.74. The van der Waals surface area contributed by atoms with Gasteiger partial charge in [0, 0.05) is 15.7 Å². The van der Waals surface area contributed by atoms with Crippen molar-refractivity contribution in [2.45, 2.75) is 18.7 Å². The van der Waals surface area contributed by atoms with E-state index in [1.54, 1.807) is 32.0 Å². The molecule has 0 unspecified atom stereocenters. The minimum Gasteiger partial charge on any atom is -0.462 e. The van der Waals surface area contributed by atoms with Crippen LogP contribution in [-0.2, 0) is 14.8 Å². The Morgan fingerprint density at radius 2 is 1.71 bits per heavy atom. The molecule has 0 saturated carbocycles. The van der Waals surface area contributed by atoms with E-state index in [9.17, 15) is 18.0 Å². The summed E-state index contributed by atoms with van der Waals surface area (Å²) in [6.07, 6.45) is 0. The number of anilines is 2. The number of halogens is 1. The van der Waals surface area contributed by atoms with Crippen molar-refractivity contribution in [3.05, 3.63) is 75.1 Å². The zero-order valence-corrected chi connectivity index (χ0v) is 19.9. The first-order chi connectivity index (χ1) is 14.7. The van der Waals surface area contributed by atoms with E-state index in [1.165, 1.54) is 36.4 Å². The highest BCUT2D eigenvalue weighted by Gasteiger charge is 2.17. The molecule has 31 heavy (non-hydrogen) atoms. The number of nitrogens with one attached hydrogen (secondary N) is 2. The van der Waals surface area contributed by atoms with Gasteiger partial charge in [0.1, 0.15) is 4.88 Å². The number of carbonyl (C=O) groups excluding carboxylic acids is 2. The van der Waals surface area contributed by atoms with E-state index in [1.807, 2.05) is 0 Å². The maximum atomic E-state index is 12.5. The number of sulfonamides is 1. The van der Waals surface area contributed by atoms with Gasteiger partial charge in [-0.15, -0.1) is 11.3 Å². The molecule has 162 valence electrons. The molecule has 7 nitrogen and oxygen atoms in total. The standard InChI is InChI=1S/C21H19BrN2O5S2/c1-3-29-21(26)19-13(2)12-18(30-19)23-20(25)14-4-8-16(9-5-14)24-31(27,28)17-10-6-15(22)7-11-17/h4-12,24H,3H2,1-2H3,(H,23,25). The molecule has 0 fully saturated rings. The molecule has 0 aliphatic carbocycles. The smallest absolute Gasteiger partial charge is 0.348 e. The summed E-state index contributed by atoms with van der Waals surface area (Å²) in [5, 5.41) is 3.26. The van der Waals surface area contributed by atoms with Gasteiger partial charge in [0.15, 0.2) is 0 Å². The van der Waals surface area contributed by atoms with Gasteiger partial charge in [-0.3, -0.25) is 9.52 Å². The van der Waals surface area contributed by atoms with Gasteiger partial charge in [-0.1, -0.05) is 15.9 Å². The van der Waals surface area contributed by atoms with Crippen molar-refractivity contribution < 1.29 is 22.7 Å². The quantitative estimate of drug-likeness (QED) is 0.422. The number of benzene rings is 2. The van der Waals surface area contributed by atoms with Gasteiger partial charge in [0.05, 0.1) is 16.5 Å². The average Bonchev–Trinajstić information content (AvgIpc) is 3.09. The van der Waals surface area contributed by atoms with E-state index in [0.717, 1.165) is 21.4 Å². The predicted molar refractivity (Wildman–Crippen MR) is 124 cm³/mol. The number of carbonyl (C=O) groups is 2. The second kappa shape index (κ2) is 9.63.